The normalized spacial score (nSPS) is 14.6. The zero-order chi connectivity index (χ0) is 48.5. The molecule has 0 spiro atoms. The lowest BCUT2D eigenvalue weighted by Crippen LogP contribution is -2.60. The average Bonchev–Trinajstić information content (AvgIpc) is 2.95. The molecule has 0 aliphatic carbocycles. The first-order valence-electron chi connectivity index (χ1n) is 22.5. The van der Waals surface area contributed by atoms with E-state index in [4.69, 9.17) is 49.4 Å². The summed E-state index contributed by atoms with van der Waals surface area (Å²) >= 11 is 0. The lowest BCUT2D eigenvalue weighted by molar-refractivity contribution is 0.256. The SMILES string of the molecule is C[Si](C)O[Si](CCC[Si](C)(C)O[Si](C)(O[Si](C)(C)CCC[Si](O[Si](C)C)(O[Si](C)C)O[Si](C)C)O[Si](C)(C)CCC[Si](O[Si](C)C)(O[Si](C)C)O[Si](C)C)(O[Si](C)C)O[Si](C)C. The van der Waals surface area contributed by atoms with Gasteiger partial charge in [0.2, 0.25) is 0 Å². The molecule has 0 amide bonds. The van der Waals surface area contributed by atoms with Gasteiger partial charge in [0.05, 0.1) is 0 Å². The lowest BCUT2D eigenvalue weighted by atomic mass is 10.6. The van der Waals surface area contributed by atoms with Gasteiger partial charge in [-0.05, 0) is 195 Å². The molecule has 9 radical (unpaired) electrons. The molecule has 0 aromatic rings. The fraction of sp³-hybridized carbons (Fsp3) is 1.00. The summed E-state index contributed by atoms with van der Waals surface area (Å²) < 4.78 is 82.8. The highest BCUT2D eigenvalue weighted by atomic mass is 28.5. The van der Waals surface area contributed by atoms with Crippen LogP contribution in [0.3, 0.4) is 0 Å². The first kappa shape index (κ1) is 65.0. The summed E-state index contributed by atoms with van der Waals surface area (Å²) in [7, 11) is -27.8. The van der Waals surface area contributed by atoms with Crippen LogP contribution in [0.5, 0.6) is 0 Å². The lowest BCUT2D eigenvalue weighted by Gasteiger charge is -2.44. The van der Waals surface area contributed by atoms with E-state index in [-0.39, 0.29) is 0 Å². The van der Waals surface area contributed by atoms with Crippen molar-refractivity contribution < 1.29 is 49.4 Å². The van der Waals surface area contributed by atoms with E-state index in [9.17, 15) is 0 Å². The van der Waals surface area contributed by atoms with E-state index in [0.29, 0.717) is 0 Å². The van der Waals surface area contributed by atoms with Gasteiger partial charge < -0.3 is 49.4 Å². The van der Waals surface area contributed by atoms with E-state index < -0.39 is 142 Å². The molecule has 0 aromatic carbocycles. The Morgan fingerprint density at radius 1 is 0.242 bits per heavy atom. The van der Waals surface area contributed by atoms with Crippen molar-refractivity contribution in [2.24, 2.45) is 0 Å². The fourth-order valence-electron chi connectivity index (χ4n) is 7.36. The molecule has 0 bridgehead atoms. The Morgan fingerprint density at radius 3 is 0.516 bits per heavy atom. The average molecular weight is 1140 g/mol. The van der Waals surface area contributed by atoms with Crippen LogP contribution in [0.25, 0.3) is 0 Å². The van der Waals surface area contributed by atoms with E-state index in [1.807, 2.05) is 0 Å². The van der Waals surface area contributed by atoms with Crippen LogP contribution in [0, 0.1) is 0 Å². The molecule has 0 aromatic heterocycles. The summed E-state index contributed by atoms with van der Waals surface area (Å²) in [4.78, 5) is 0. The van der Waals surface area contributed by atoms with Crippen molar-refractivity contribution in [2.45, 2.75) is 219 Å². The third kappa shape index (κ3) is 29.9. The van der Waals surface area contributed by atoms with Gasteiger partial charge in [-0.25, -0.2) is 0 Å². The Morgan fingerprint density at radius 2 is 0.387 bits per heavy atom. The van der Waals surface area contributed by atoms with Crippen LogP contribution < -0.4 is 0 Å². The Balaban J connectivity index is 6.75. The molecule has 0 heterocycles. The molecule has 0 aliphatic heterocycles. The molecule has 0 aliphatic rings. The van der Waals surface area contributed by atoms with Crippen molar-refractivity contribution in [1.82, 2.24) is 0 Å². The van der Waals surface area contributed by atoms with Gasteiger partial charge in [0.25, 0.3) is 0 Å². The molecule has 12 nitrogen and oxygen atoms in total. The molecule has 0 atom stereocenters. The van der Waals surface area contributed by atoms with Crippen molar-refractivity contribution in [1.29, 1.82) is 0 Å². The van der Waals surface area contributed by atoms with Crippen molar-refractivity contribution in [2.75, 3.05) is 0 Å². The molecule has 0 rings (SSSR count). The minimum atomic E-state index is -3.20. The zero-order valence-corrected chi connectivity index (χ0v) is 60.3. The molecule has 365 valence electrons. The summed E-state index contributed by atoms with van der Waals surface area (Å²) in [5.74, 6) is 0. The standard InChI is InChI=1S/C34H93O12Si16/c1-47(2)35-60(36-48(3)4,37-49(5)6)32-26-29-56(19,20)44-59(25,45-57(21,22)30-27-33-61(38-50(7)8,39-51(9)10)40-52(11)12)46-58(23,24)31-28-34-62(41-53(13)14,42-54(15)16)43-55(17)18/h26-34H2,1-25H3. The van der Waals surface area contributed by atoms with Crippen LogP contribution in [-0.4, -0.2) is 142 Å². The Kier molecular flexibility index (Phi) is 30.8. The highest BCUT2D eigenvalue weighted by Crippen LogP contribution is 2.35. The minimum Gasteiger partial charge on any atom is -0.417 e. The van der Waals surface area contributed by atoms with Gasteiger partial charge in [-0.3, -0.25) is 0 Å². The summed E-state index contributed by atoms with van der Waals surface area (Å²) in [6, 6.07) is 5.28. The molecule has 0 N–H and O–H groups in total. The molecular weight excluding hydrogens is 1050 g/mol. The maximum Gasteiger partial charge on any atom is 0.469 e. The van der Waals surface area contributed by atoms with E-state index in [1.54, 1.807) is 0 Å². The summed E-state index contributed by atoms with van der Waals surface area (Å²) in [6.07, 6.45) is 2.79. The second-order valence-electron chi connectivity index (χ2n) is 20.2. The Bertz CT molecular complexity index is 999. The second-order valence-corrected chi connectivity index (χ2v) is 65.7. The van der Waals surface area contributed by atoms with E-state index in [1.165, 1.54) is 0 Å². The molecule has 0 saturated heterocycles. The Labute approximate surface area is 407 Å². The molecular formula is C34H93O12Si16. The minimum absolute atomic E-state index is 0.815. The Hall–Kier alpha value is 2.99. The summed E-state index contributed by atoms with van der Waals surface area (Å²) in [5, 5.41) is 0. The smallest absolute Gasteiger partial charge is 0.417 e. The summed E-state index contributed by atoms with van der Waals surface area (Å²) in [5.41, 5.74) is 0. The first-order chi connectivity index (χ1) is 28.0. The largest absolute Gasteiger partial charge is 0.469 e. The molecule has 0 unspecified atom stereocenters. The van der Waals surface area contributed by atoms with Gasteiger partial charge in [-0.15, -0.1) is 0 Å². The van der Waals surface area contributed by atoms with Gasteiger partial charge in [-0.1, -0.05) is 0 Å². The molecule has 62 heavy (non-hydrogen) atoms. The van der Waals surface area contributed by atoms with E-state index in [0.717, 1.165) is 55.5 Å². The second kappa shape index (κ2) is 29.4. The first-order valence-corrected chi connectivity index (χ1v) is 61.6. The molecule has 0 fully saturated rings. The van der Waals surface area contributed by atoms with Crippen LogP contribution in [0.4, 0.5) is 0 Å². The highest BCUT2D eigenvalue weighted by Gasteiger charge is 2.51. The summed E-state index contributed by atoms with van der Waals surface area (Å²) in [6.45, 7) is 55.7. The third-order valence-corrected chi connectivity index (χ3v) is 53.0. The zero-order valence-electron chi connectivity index (χ0n) is 44.3. The monoisotopic (exact) mass is 1140 g/mol. The maximum atomic E-state index is 7.47. The van der Waals surface area contributed by atoms with E-state index >= 15 is 0 Å². The van der Waals surface area contributed by atoms with Crippen molar-refractivity contribution in [3.8, 4) is 0 Å². The number of hydrogen-bond donors (Lipinski definition) is 0. The third-order valence-electron chi connectivity index (χ3n) is 8.41. The van der Waals surface area contributed by atoms with Gasteiger partial charge in [-0.2, -0.15) is 0 Å². The quantitative estimate of drug-likeness (QED) is 0.0557. The van der Waals surface area contributed by atoms with Gasteiger partial charge in [0, 0.05) is 24.7 Å². The number of hydrogen-bond acceptors (Lipinski definition) is 12. The van der Waals surface area contributed by atoms with Crippen LogP contribution in [0.2, 0.25) is 200 Å². The van der Waals surface area contributed by atoms with Crippen LogP contribution in [0.1, 0.15) is 19.3 Å². The van der Waals surface area contributed by atoms with Crippen LogP contribution in [0.15, 0.2) is 0 Å². The maximum absolute atomic E-state index is 7.47. The van der Waals surface area contributed by atoms with Crippen molar-refractivity contribution in [3.63, 3.8) is 0 Å². The van der Waals surface area contributed by atoms with Gasteiger partial charge >= 0.3 is 35.2 Å². The predicted molar refractivity (Wildman–Crippen MR) is 294 cm³/mol. The van der Waals surface area contributed by atoms with Crippen molar-refractivity contribution in [3.05, 3.63) is 0 Å². The van der Waals surface area contributed by atoms with Crippen LogP contribution >= 0.6 is 0 Å². The fourth-order valence-corrected chi connectivity index (χ4v) is 59.2. The van der Waals surface area contributed by atoms with Crippen LogP contribution in [-0.2, 0) is 49.4 Å². The topological polar surface area (TPSA) is 111 Å². The van der Waals surface area contributed by atoms with E-state index in [2.05, 4.69) is 164 Å². The van der Waals surface area contributed by atoms with Gasteiger partial charge in [0.15, 0.2) is 106 Å². The number of rotatable bonds is 36. The van der Waals surface area contributed by atoms with Gasteiger partial charge in [0.1, 0.15) is 0 Å². The highest BCUT2D eigenvalue weighted by molar-refractivity contribution is 6.90. The predicted octanol–water partition coefficient (Wildman–Crippen LogP) is 11.6. The van der Waals surface area contributed by atoms with Crippen molar-refractivity contribution >= 4 is 142 Å². The molecule has 0 saturated carbocycles. The molecule has 28 heteroatoms.